The van der Waals surface area contributed by atoms with Gasteiger partial charge in [-0.1, -0.05) is 12.1 Å². The summed E-state index contributed by atoms with van der Waals surface area (Å²) in [5.74, 6) is 0.0626. The summed E-state index contributed by atoms with van der Waals surface area (Å²) >= 11 is 3.08. The average Bonchev–Trinajstić information content (AvgIpc) is 2.47. The lowest BCUT2D eigenvalue weighted by Crippen LogP contribution is -2.13. The summed E-state index contributed by atoms with van der Waals surface area (Å²) in [4.78, 5) is 22.5. The molecule has 0 saturated carbocycles. The largest absolute Gasteiger partial charge is 0.495 e. The Labute approximate surface area is 129 Å². The Morgan fingerprint density at radius 2 is 2.00 bits per heavy atom. The van der Waals surface area contributed by atoms with Crippen LogP contribution in [-0.2, 0) is 0 Å². The highest BCUT2D eigenvalue weighted by molar-refractivity contribution is 9.10. The molecule has 2 rings (SSSR count). The number of carbonyl (C=O) groups is 1. The Balaban J connectivity index is 2.29. The summed E-state index contributed by atoms with van der Waals surface area (Å²) in [5.41, 5.74) is 0.522. The second kappa shape index (κ2) is 6.36. The van der Waals surface area contributed by atoms with Gasteiger partial charge in [0, 0.05) is 11.6 Å². The summed E-state index contributed by atoms with van der Waals surface area (Å²) in [6.45, 7) is 0. The number of para-hydroxylation sites is 2. The monoisotopic (exact) mass is 350 g/mol. The van der Waals surface area contributed by atoms with Gasteiger partial charge in [-0.3, -0.25) is 14.9 Å². The Hall–Kier alpha value is -2.41. The number of nitrogens with one attached hydrogen (secondary N) is 1. The SMILES string of the molecule is COc1ccccc1NC(=O)c1ccc(Br)c([N+](=O)[O-])c1. The number of halogens is 1. The zero-order valence-electron chi connectivity index (χ0n) is 11.0. The molecule has 2 aromatic rings. The fourth-order valence-electron chi connectivity index (χ4n) is 1.74. The first-order valence-corrected chi connectivity index (χ1v) is 6.70. The van der Waals surface area contributed by atoms with Gasteiger partial charge in [-0.05, 0) is 40.2 Å². The van der Waals surface area contributed by atoms with Crippen molar-refractivity contribution in [1.29, 1.82) is 0 Å². The number of rotatable bonds is 4. The number of nitrogens with zero attached hydrogens (tertiary/aromatic N) is 1. The molecular formula is C14H11BrN2O4. The van der Waals surface area contributed by atoms with Crippen molar-refractivity contribution in [2.24, 2.45) is 0 Å². The second-order valence-electron chi connectivity index (χ2n) is 4.08. The molecule has 0 spiro atoms. The smallest absolute Gasteiger partial charge is 0.284 e. The third-order valence-electron chi connectivity index (χ3n) is 2.76. The van der Waals surface area contributed by atoms with Crippen molar-refractivity contribution in [3.8, 4) is 5.75 Å². The third kappa shape index (κ3) is 3.38. The Morgan fingerprint density at radius 1 is 1.29 bits per heavy atom. The van der Waals surface area contributed by atoms with Crippen LogP contribution in [0.4, 0.5) is 11.4 Å². The van der Waals surface area contributed by atoms with E-state index in [2.05, 4.69) is 21.2 Å². The maximum atomic E-state index is 12.2. The van der Waals surface area contributed by atoms with Crippen molar-refractivity contribution in [3.05, 3.63) is 62.6 Å². The first-order valence-electron chi connectivity index (χ1n) is 5.91. The van der Waals surface area contributed by atoms with Gasteiger partial charge in [0.2, 0.25) is 0 Å². The van der Waals surface area contributed by atoms with Crippen LogP contribution in [0.1, 0.15) is 10.4 Å². The molecule has 0 unspecified atom stereocenters. The van der Waals surface area contributed by atoms with Crippen molar-refractivity contribution in [3.63, 3.8) is 0 Å². The van der Waals surface area contributed by atoms with Gasteiger partial charge in [0.25, 0.3) is 11.6 Å². The predicted octanol–water partition coefficient (Wildman–Crippen LogP) is 3.62. The van der Waals surface area contributed by atoms with Gasteiger partial charge in [0.1, 0.15) is 5.75 Å². The van der Waals surface area contributed by atoms with Crippen LogP contribution in [0, 0.1) is 10.1 Å². The molecule has 0 saturated heterocycles. The number of methoxy groups -OCH3 is 1. The van der Waals surface area contributed by atoms with E-state index in [0.717, 1.165) is 0 Å². The molecule has 0 aliphatic carbocycles. The maximum Gasteiger partial charge on any atom is 0.284 e. The number of hydrogen-bond donors (Lipinski definition) is 1. The highest BCUT2D eigenvalue weighted by Crippen LogP contribution is 2.27. The van der Waals surface area contributed by atoms with Gasteiger partial charge in [-0.25, -0.2) is 0 Å². The minimum absolute atomic E-state index is 0.164. The van der Waals surface area contributed by atoms with Crippen LogP contribution in [0.25, 0.3) is 0 Å². The first-order chi connectivity index (χ1) is 10.0. The molecule has 0 radical (unpaired) electrons. The van der Waals surface area contributed by atoms with E-state index in [9.17, 15) is 14.9 Å². The van der Waals surface area contributed by atoms with Crippen LogP contribution in [0.15, 0.2) is 46.9 Å². The zero-order valence-corrected chi connectivity index (χ0v) is 12.6. The van der Waals surface area contributed by atoms with Crippen LogP contribution in [0.2, 0.25) is 0 Å². The number of benzene rings is 2. The molecule has 0 aromatic heterocycles. The molecule has 0 aliphatic rings. The van der Waals surface area contributed by atoms with Crippen LogP contribution in [0.3, 0.4) is 0 Å². The van der Waals surface area contributed by atoms with Crippen LogP contribution in [-0.4, -0.2) is 17.9 Å². The lowest BCUT2D eigenvalue weighted by atomic mass is 10.2. The topological polar surface area (TPSA) is 81.5 Å². The van der Waals surface area contributed by atoms with E-state index in [1.54, 1.807) is 24.3 Å². The molecule has 21 heavy (non-hydrogen) atoms. The lowest BCUT2D eigenvalue weighted by Gasteiger charge is -2.09. The van der Waals surface area contributed by atoms with Gasteiger partial charge < -0.3 is 10.1 Å². The highest BCUT2D eigenvalue weighted by Gasteiger charge is 2.16. The summed E-state index contributed by atoms with van der Waals surface area (Å²) < 4.78 is 5.45. The number of carbonyl (C=O) groups excluding carboxylic acids is 1. The zero-order chi connectivity index (χ0) is 15.4. The van der Waals surface area contributed by atoms with Gasteiger partial charge in [-0.15, -0.1) is 0 Å². The van der Waals surface area contributed by atoms with Crippen molar-refractivity contribution in [1.82, 2.24) is 0 Å². The fraction of sp³-hybridized carbons (Fsp3) is 0.0714. The minimum atomic E-state index is -0.552. The van der Waals surface area contributed by atoms with Crippen LogP contribution >= 0.6 is 15.9 Å². The van der Waals surface area contributed by atoms with E-state index >= 15 is 0 Å². The average molecular weight is 351 g/mol. The number of hydrogen-bond acceptors (Lipinski definition) is 4. The molecule has 1 N–H and O–H groups in total. The number of nitro groups is 1. The molecule has 0 aliphatic heterocycles. The van der Waals surface area contributed by atoms with E-state index in [1.165, 1.54) is 25.3 Å². The molecule has 7 heteroatoms. The third-order valence-corrected chi connectivity index (χ3v) is 3.43. The quantitative estimate of drug-likeness (QED) is 0.674. The van der Waals surface area contributed by atoms with E-state index in [-0.39, 0.29) is 11.3 Å². The normalized spacial score (nSPS) is 10.0. The molecule has 1 amide bonds. The van der Waals surface area contributed by atoms with Crippen molar-refractivity contribution in [2.45, 2.75) is 0 Å². The predicted molar refractivity (Wildman–Crippen MR) is 81.7 cm³/mol. The summed E-state index contributed by atoms with van der Waals surface area (Å²) in [7, 11) is 1.50. The van der Waals surface area contributed by atoms with E-state index in [4.69, 9.17) is 4.74 Å². The minimum Gasteiger partial charge on any atom is -0.495 e. The maximum absolute atomic E-state index is 12.2. The lowest BCUT2D eigenvalue weighted by molar-refractivity contribution is -0.385. The van der Waals surface area contributed by atoms with E-state index in [1.807, 2.05) is 0 Å². The number of anilines is 1. The van der Waals surface area contributed by atoms with Crippen molar-refractivity contribution in [2.75, 3.05) is 12.4 Å². The van der Waals surface area contributed by atoms with Crippen molar-refractivity contribution >= 4 is 33.2 Å². The Kier molecular flexibility index (Phi) is 4.54. The van der Waals surface area contributed by atoms with Gasteiger partial charge in [-0.2, -0.15) is 0 Å². The fourth-order valence-corrected chi connectivity index (χ4v) is 2.13. The van der Waals surface area contributed by atoms with Crippen LogP contribution in [0.5, 0.6) is 5.75 Å². The Bertz CT molecular complexity index is 703. The second-order valence-corrected chi connectivity index (χ2v) is 4.93. The summed E-state index contributed by atoms with van der Waals surface area (Å²) in [5, 5.41) is 13.5. The molecule has 0 heterocycles. The molecule has 108 valence electrons. The van der Waals surface area contributed by atoms with Gasteiger partial charge >= 0.3 is 0 Å². The number of amides is 1. The summed E-state index contributed by atoms with van der Waals surface area (Å²) in [6, 6.07) is 11.1. The Morgan fingerprint density at radius 3 is 2.67 bits per heavy atom. The van der Waals surface area contributed by atoms with E-state index in [0.29, 0.717) is 15.9 Å². The van der Waals surface area contributed by atoms with Crippen molar-refractivity contribution < 1.29 is 14.5 Å². The molecule has 0 bridgehead atoms. The molecule has 0 atom stereocenters. The molecule has 6 nitrogen and oxygen atoms in total. The molecular weight excluding hydrogens is 340 g/mol. The number of nitro benzene ring substituents is 1. The standard InChI is InChI=1S/C14H11BrN2O4/c1-21-13-5-3-2-4-11(13)16-14(18)9-6-7-10(15)12(8-9)17(19)20/h2-8H,1H3,(H,16,18). The highest BCUT2D eigenvalue weighted by atomic mass is 79.9. The molecule has 0 fully saturated rings. The molecule has 2 aromatic carbocycles. The van der Waals surface area contributed by atoms with Crippen LogP contribution < -0.4 is 10.1 Å². The van der Waals surface area contributed by atoms with E-state index < -0.39 is 10.8 Å². The van der Waals surface area contributed by atoms with Gasteiger partial charge in [0.15, 0.2) is 0 Å². The number of ether oxygens (including phenoxy) is 1. The first kappa shape index (κ1) is 15.0. The summed E-state index contributed by atoms with van der Waals surface area (Å²) in [6.07, 6.45) is 0. The van der Waals surface area contributed by atoms with Gasteiger partial charge in [0.05, 0.1) is 22.2 Å².